The maximum atomic E-state index is 9.73. The lowest BCUT2D eigenvalue weighted by molar-refractivity contribution is -0.347. The summed E-state index contributed by atoms with van der Waals surface area (Å²) in [6.07, 6.45) is 0.749. The van der Waals surface area contributed by atoms with Gasteiger partial charge in [0.05, 0.1) is 0 Å². The first kappa shape index (κ1) is 16.0. The zero-order valence-corrected chi connectivity index (χ0v) is 14.4. The molecule has 0 saturated carbocycles. The van der Waals surface area contributed by atoms with E-state index in [4.69, 9.17) is 15.2 Å². The van der Waals surface area contributed by atoms with Crippen LogP contribution < -0.4 is 20.2 Å². The molecular formula is C21H18N3O2+. The van der Waals surface area contributed by atoms with E-state index in [1.165, 1.54) is 0 Å². The zero-order valence-electron chi connectivity index (χ0n) is 14.4. The van der Waals surface area contributed by atoms with Gasteiger partial charge in [0.2, 0.25) is 6.79 Å². The fourth-order valence-corrected chi connectivity index (χ4v) is 3.37. The third-order valence-corrected chi connectivity index (χ3v) is 4.57. The minimum Gasteiger partial charge on any atom is -0.454 e. The lowest BCUT2D eigenvalue weighted by Gasteiger charge is -2.14. The molecule has 128 valence electrons. The number of aromatic amines is 1. The first-order chi connectivity index (χ1) is 12.7. The molecule has 0 saturated heterocycles. The van der Waals surface area contributed by atoms with Crippen LogP contribution in [-0.2, 0) is 6.42 Å². The minimum absolute atomic E-state index is 0.213. The van der Waals surface area contributed by atoms with Crippen molar-refractivity contribution in [2.45, 2.75) is 13.3 Å². The molecule has 0 spiro atoms. The van der Waals surface area contributed by atoms with Crippen molar-refractivity contribution in [3.63, 3.8) is 0 Å². The molecule has 1 aliphatic heterocycles. The molecule has 5 nitrogen and oxygen atoms in total. The SMILES string of the molecule is CCc1c(-c2ccccc2)[nH+]c(N)c(C#N)c1-c1ccc2c(c1)OCO2. The Morgan fingerprint density at radius 1 is 1.08 bits per heavy atom. The van der Waals surface area contributed by atoms with Crippen LogP contribution in [0.2, 0.25) is 0 Å². The van der Waals surface area contributed by atoms with E-state index in [1.54, 1.807) is 0 Å². The average molecular weight is 344 g/mol. The third-order valence-electron chi connectivity index (χ3n) is 4.57. The number of pyridine rings is 1. The average Bonchev–Trinajstić information content (AvgIpc) is 3.15. The van der Waals surface area contributed by atoms with E-state index in [-0.39, 0.29) is 6.79 Å². The first-order valence-electron chi connectivity index (χ1n) is 8.46. The Morgan fingerprint density at radius 3 is 2.58 bits per heavy atom. The van der Waals surface area contributed by atoms with Gasteiger partial charge in [0, 0.05) is 16.7 Å². The van der Waals surface area contributed by atoms with Gasteiger partial charge in [-0.2, -0.15) is 5.26 Å². The van der Waals surface area contributed by atoms with E-state index in [9.17, 15) is 5.26 Å². The van der Waals surface area contributed by atoms with Crippen LogP contribution in [0.4, 0.5) is 5.82 Å². The number of rotatable bonds is 3. The summed E-state index contributed by atoms with van der Waals surface area (Å²) in [4.78, 5) is 3.22. The normalized spacial score (nSPS) is 12.0. The number of hydrogen-bond donors (Lipinski definition) is 1. The largest absolute Gasteiger partial charge is 0.454 e. The Bertz CT molecular complexity index is 1020. The maximum Gasteiger partial charge on any atom is 0.289 e. The number of nitrogens with two attached hydrogens (primary N) is 1. The Balaban J connectivity index is 2.01. The van der Waals surface area contributed by atoms with Crippen LogP contribution in [0, 0.1) is 11.3 Å². The fourth-order valence-electron chi connectivity index (χ4n) is 3.37. The van der Waals surface area contributed by atoms with Gasteiger partial charge in [-0.05, 0) is 24.1 Å². The predicted octanol–water partition coefficient (Wildman–Crippen LogP) is 3.58. The molecule has 0 unspecified atom stereocenters. The number of benzene rings is 2. The quantitative estimate of drug-likeness (QED) is 0.787. The van der Waals surface area contributed by atoms with Crippen LogP contribution in [0.15, 0.2) is 48.5 Å². The van der Waals surface area contributed by atoms with E-state index in [1.807, 2.05) is 48.5 Å². The summed E-state index contributed by atoms with van der Waals surface area (Å²) in [7, 11) is 0. The molecule has 4 rings (SSSR count). The molecule has 2 aromatic carbocycles. The van der Waals surface area contributed by atoms with Gasteiger partial charge in [-0.15, -0.1) is 0 Å². The number of H-pyrrole nitrogens is 1. The highest BCUT2D eigenvalue weighted by molar-refractivity contribution is 5.83. The van der Waals surface area contributed by atoms with Gasteiger partial charge in [-0.1, -0.05) is 43.3 Å². The monoisotopic (exact) mass is 344 g/mol. The minimum atomic E-state index is 0.213. The number of hydrogen-bond acceptors (Lipinski definition) is 4. The summed E-state index contributed by atoms with van der Waals surface area (Å²) in [5.41, 5.74) is 11.4. The van der Waals surface area contributed by atoms with Crippen LogP contribution in [-0.4, -0.2) is 6.79 Å². The molecule has 0 radical (unpaired) electrons. The molecule has 0 bridgehead atoms. The Hall–Kier alpha value is -3.52. The van der Waals surface area contributed by atoms with E-state index >= 15 is 0 Å². The van der Waals surface area contributed by atoms with Gasteiger partial charge >= 0.3 is 0 Å². The van der Waals surface area contributed by atoms with Gasteiger partial charge in [0.1, 0.15) is 17.3 Å². The Morgan fingerprint density at radius 2 is 1.85 bits per heavy atom. The molecular weight excluding hydrogens is 326 g/mol. The number of nitrogen functional groups attached to an aromatic ring is 1. The summed E-state index contributed by atoms with van der Waals surface area (Å²) >= 11 is 0. The van der Waals surface area contributed by atoms with E-state index in [2.05, 4.69) is 18.0 Å². The van der Waals surface area contributed by atoms with Crippen LogP contribution in [0.1, 0.15) is 18.1 Å². The van der Waals surface area contributed by atoms with Crippen LogP contribution in [0.3, 0.4) is 0 Å². The topological polar surface area (TPSA) is 82.4 Å². The standard InChI is InChI=1S/C21H17N3O2/c1-2-15-19(14-8-9-17-18(10-14)26-12-25-17)16(11-22)21(23)24-20(15)13-6-4-3-5-7-13/h3-10H,2,12H2,1H3,(H2,23,24)/p+1. The lowest BCUT2D eigenvalue weighted by Crippen LogP contribution is -2.19. The zero-order chi connectivity index (χ0) is 18.1. The van der Waals surface area contributed by atoms with Gasteiger partial charge in [-0.25, -0.2) is 4.98 Å². The highest BCUT2D eigenvalue weighted by Gasteiger charge is 2.24. The molecule has 26 heavy (non-hydrogen) atoms. The highest BCUT2D eigenvalue weighted by Crippen LogP contribution is 2.40. The van der Waals surface area contributed by atoms with Gasteiger partial charge in [0.25, 0.3) is 5.82 Å². The van der Waals surface area contributed by atoms with E-state index in [0.717, 1.165) is 34.4 Å². The maximum absolute atomic E-state index is 9.73. The molecule has 0 aliphatic carbocycles. The van der Waals surface area contributed by atoms with Gasteiger partial charge in [-0.3, -0.25) is 5.73 Å². The van der Waals surface area contributed by atoms with Crippen molar-refractivity contribution in [3.8, 4) is 40.0 Å². The van der Waals surface area contributed by atoms with Gasteiger partial charge in [0.15, 0.2) is 11.5 Å². The fraction of sp³-hybridized carbons (Fsp3) is 0.143. The second kappa shape index (κ2) is 6.41. The van der Waals surface area contributed by atoms with E-state index in [0.29, 0.717) is 22.9 Å². The number of anilines is 1. The van der Waals surface area contributed by atoms with Crippen LogP contribution in [0.25, 0.3) is 22.4 Å². The third kappa shape index (κ3) is 2.52. The van der Waals surface area contributed by atoms with Crippen molar-refractivity contribution in [1.29, 1.82) is 5.26 Å². The molecule has 0 amide bonds. The highest BCUT2D eigenvalue weighted by atomic mass is 16.7. The second-order valence-corrected chi connectivity index (χ2v) is 6.04. The summed E-state index contributed by atoms with van der Waals surface area (Å²) < 4.78 is 10.9. The number of aromatic nitrogens is 1. The van der Waals surface area contributed by atoms with E-state index < -0.39 is 0 Å². The molecule has 2 heterocycles. The van der Waals surface area contributed by atoms with Crippen molar-refractivity contribution >= 4 is 5.82 Å². The molecule has 0 atom stereocenters. The lowest BCUT2D eigenvalue weighted by atomic mass is 9.90. The molecule has 1 aliphatic rings. The van der Waals surface area contributed by atoms with Crippen molar-refractivity contribution in [2.75, 3.05) is 12.5 Å². The molecule has 5 heteroatoms. The van der Waals surface area contributed by atoms with Crippen molar-refractivity contribution in [3.05, 3.63) is 59.7 Å². The molecule has 3 N–H and O–H groups in total. The molecule has 0 fully saturated rings. The van der Waals surface area contributed by atoms with Crippen LogP contribution in [0.5, 0.6) is 11.5 Å². The Labute approximate surface area is 151 Å². The van der Waals surface area contributed by atoms with Crippen LogP contribution >= 0.6 is 0 Å². The molecule has 3 aromatic rings. The number of ether oxygens (including phenoxy) is 2. The predicted molar refractivity (Wildman–Crippen MR) is 98.5 cm³/mol. The summed E-state index contributed by atoms with van der Waals surface area (Å²) in [5.74, 6) is 1.75. The summed E-state index contributed by atoms with van der Waals surface area (Å²) in [6, 6.07) is 18.0. The number of nitrogens with zero attached hydrogens (tertiary/aromatic N) is 1. The number of nitriles is 1. The molecule has 1 aromatic heterocycles. The second-order valence-electron chi connectivity index (χ2n) is 6.04. The Kier molecular flexibility index (Phi) is 3.94. The number of nitrogens with one attached hydrogen (secondary N) is 1. The van der Waals surface area contributed by atoms with Crippen molar-refractivity contribution < 1.29 is 14.5 Å². The van der Waals surface area contributed by atoms with Crippen molar-refractivity contribution in [1.82, 2.24) is 0 Å². The summed E-state index contributed by atoms with van der Waals surface area (Å²) in [5, 5.41) is 9.73. The summed E-state index contributed by atoms with van der Waals surface area (Å²) in [6.45, 7) is 2.29. The van der Waals surface area contributed by atoms with Crippen molar-refractivity contribution in [2.24, 2.45) is 0 Å². The first-order valence-corrected chi connectivity index (χ1v) is 8.46. The number of fused-ring (bicyclic) bond motifs is 1. The smallest absolute Gasteiger partial charge is 0.289 e. The van der Waals surface area contributed by atoms with Gasteiger partial charge < -0.3 is 9.47 Å².